The van der Waals surface area contributed by atoms with Crippen LogP contribution >= 0.6 is 0 Å². The number of nitriles is 1. The maximum Gasteiger partial charge on any atom is 0.410 e. The summed E-state index contributed by atoms with van der Waals surface area (Å²) in [7, 11) is 0. The Balaban J connectivity index is 1.58. The predicted octanol–water partition coefficient (Wildman–Crippen LogP) is 7.33. The van der Waals surface area contributed by atoms with Gasteiger partial charge in [-0.1, -0.05) is 86.1 Å². The summed E-state index contributed by atoms with van der Waals surface area (Å²) in [5, 5.41) is 9.48. The van der Waals surface area contributed by atoms with Crippen LogP contribution in [0.3, 0.4) is 0 Å². The second kappa shape index (κ2) is 14.1. The highest BCUT2D eigenvalue weighted by Crippen LogP contribution is 2.24. The fourth-order valence-corrected chi connectivity index (χ4v) is 4.78. The number of benzene rings is 3. The Morgan fingerprint density at radius 3 is 2.32 bits per heavy atom. The first kappa shape index (κ1) is 29.4. The number of ether oxygens (including phenoxy) is 1. The van der Waals surface area contributed by atoms with Crippen molar-refractivity contribution < 1.29 is 9.53 Å². The van der Waals surface area contributed by atoms with E-state index in [1.165, 1.54) is 0 Å². The van der Waals surface area contributed by atoms with Crippen LogP contribution in [-0.4, -0.2) is 21.6 Å². The molecule has 1 amide bonds. The lowest BCUT2D eigenvalue weighted by atomic mass is 9.99. The number of nitrogens with zero attached hydrogens (tertiary/aromatic N) is 3. The third-order valence-corrected chi connectivity index (χ3v) is 7.19. The first-order valence-corrected chi connectivity index (χ1v) is 14.2. The summed E-state index contributed by atoms with van der Waals surface area (Å²) in [6.45, 7) is 6.75. The van der Waals surface area contributed by atoms with Crippen molar-refractivity contribution in [1.82, 2.24) is 9.47 Å². The molecule has 0 unspecified atom stereocenters. The van der Waals surface area contributed by atoms with E-state index >= 15 is 0 Å². The molecule has 6 heteroatoms. The van der Waals surface area contributed by atoms with E-state index < -0.39 is 6.09 Å². The number of unbranched alkanes of at least 4 members (excludes halogenated alkanes) is 1. The van der Waals surface area contributed by atoms with Gasteiger partial charge in [-0.05, 0) is 67.1 Å². The SMILES string of the molecule is CCCCc1ccc(CN(C(=O)OCc2ccccc2)C(C)C)c(=O)n1Cc1ccc(-c2ccccc2C#N)cc1. The molecule has 41 heavy (non-hydrogen) atoms. The van der Waals surface area contributed by atoms with Crippen molar-refractivity contribution in [2.45, 2.75) is 65.8 Å². The molecule has 0 fully saturated rings. The molecule has 0 radical (unpaired) electrons. The molecular weight excluding hydrogens is 510 g/mol. The van der Waals surface area contributed by atoms with Crippen LogP contribution in [0.1, 0.15) is 61.6 Å². The Morgan fingerprint density at radius 1 is 0.927 bits per heavy atom. The Morgan fingerprint density at radius 2 is 1.63 bits per heavy atom. The number of hydrogen-bond acceptors (Lipinski definition) is 4. The first-order chi connectivity index (χ1) is 19.9. The highest BCUT2D eigenvalue weighted by molar-refractivity contribution is 5.70. The number of hydrogen-bond donors (Lipinski definition) is 0. The second-order valence-electron chi connectivity index (χ2n) is 10.5. The molecule has 3 aromatic carbocycles. The standard InChI is InChI=1S/C35H37N3O3/c1-4-5-14-32-21-20-31(24-37(26(2)3)35(40)41-25-28-11-7-6-8-12-28)34(39)38(32)23-27-16-18-29(19-17-27)33-15-10-9-13-30(33)22-36/h6-13,15-21,26H,4-5,14,23-25H2,1-3H3. The van der Waals surface area contributed by atoms with Gasteiger partial charge in [-0.2, -0.15) is 5.26 Å². The van der Waals surface area contributed by atoms with Crippen LogP contribution in [0.15, 0.2) is 95.8 Å². The number of carbonyl (C=O) groups excluding carboxylic acids is 1. The Kier molecular flexibility index (Phi) is 10.1. The average molecular weight is 548 g/mol. The zero-order valence-corrected chi connectivity index (χ0v) is 24.0. The highest BCUT2D eigenvalue weighted by atomic mass is 16.6. The van der Waals surface area contributed by atoms with Crippen LogP contribution < -0.4 is 5.56 Å². The largest absolute Gasteiger partial charge is 0.445 e. The number of carbonyl (C=O) groups is 1. The summed E-state index contributed by atoms with van der Waals surface area (Å²) in [6, 6.07) is 31.1. The van der Waals surface area contributed by atoms with Crippen molar-refractivity contribution in [3.8, 4) is 17.2 Å². The summed E-state index contributed by atoms with van der Waals surface area (Å²) in [4.78, 5) is 28.5. The van der Waals surface area contributed by atoms with Gasteiger partial charge >= 0.3 is 6.09 Å². The van der Waals surface area contributed by atoms with E-state index in [2.05, 4.69) is 13.0 Å². The van der Waals surface area contributed by atoms with Crippen LogP contribution in [0.4, 0.5) is 4.79 Å². The van der Waals surface area contributed by atoms with Gasteiger partial charge in [0.15, 0.2) is 0 Å². The number of rotatable bonds is 11. The summed E-state index contributed by atoms with van der Waals surface area (Å²) in [6.07, 6.45) is 2.36. The number of aromatic nitrogens is 1. The summed E-state index contributed by atoms with van der Waals surface area (Å²) in [5.74, 6) is 0. The maximum atomic E-state index is 13.8. The first-order valence-electron chi connectivity index (χ1n) is 14.2. The van der Waals surface area contributed by atoms with Gasteiger partial charge in [-0.3, -0.25) is 4.79 Å². The van der Waals surface area contributed by atoms with Gasteiger partial charge in [0.25, 0.3) is 5.56 Å². The van der Waals surface area contributed by atoms with E-state index in [0.29, 0.717) is 17.7 Å². The van der Waals surface area contributed by atoms with Crippen molar-refractivity contribution in [2.75, 3.05) is 0 Å². The van der Waals surface area contributed by atoms with E-state index in [1.54, 1.807) is 4.90 Å². The third-order valence-electron chi connectivity index (χ3n) is 7.19. The molecular formula is C35H37N3O3. The minimum absolute atomic E-state index is 0.0981. The third kappa shape index (κ3) is 7.52. The minimum atomic E-state index is -0.446. The van der Waals surface area contributed by atoms with Crippen LogP contribution in [0.5, 0.6) is 0 Å². The van der Waals surface area contributed by atoms with E-state index in [-0.39, 0.29) is 24.8 Å². The summed E-state index contributed by atoms with van der Waals surface area (Å²) in [5.41, 5.74) is 5.80. The van der Waals surface area contributed by atoms with E-state index in [0.717, 1.165) is 47.2 Å². The van der Waals surface area contributed by atoms with Crippen molar-refractivity contribution in [3.05, 3.63) is 129 Å². The van der Waals surface area contributed by atoms with Crippen LogP contribution in [-0.2, 0) is 30.9 Å². The number of aryl methyl sites for hydroxylation is 1. The fraction of sp³-hybridized carbons (Fsp3) is 0.286. The van der Waals surface area contributed by atoms with Gasteiger partial charge in [0.05, 0.1) is 24.7 Å². The maximum absolute atomic E-state index is 13.8. The van der Waals surface area contributed by atoms with E-state index in [1.807, 2.05) is 109 Å². The molecule has 0 spiro atoms. The van der Waals surface area contributed by atoms with E-state index in [4.69, 9.17) is 4.74 Å². The monoisotopic (exact) mass is 547 g/mol. The summed E-state index contributed by atoms with van der Waals surface area (Å²) < 4.78 is 7.42. The Labute approximate surface area is 242 Å². The molecule has 0 N–H and O–H groups in total. The van der Waals surface area contributed by atoms with Crippen LogP contribution in [0.25, 0.3) is 11.1 Å². The average Bonchev–Trinajstić information content (AvgIpc) is 3.00. The minimum Gasteiger partial charge on any atom is -0.445 e. The lowest BCUT2D eigenvalue weighted by Gasteiger charge is -2.26. The molecule has 1 aromatic heterocycles. The molecule has 0 aliphatic carbocycles. The topological polar surface area (TPSA) is 75.3 Å². The number of pyridine rings is 1. The molecule has 0 saturated heterocycles. The van der Waals surface area contributed by atoms with E-state index in [9.17, 15) is 14.9 Å². The Bertz CT molecular complexity index is 1550. The lowest BCUT2D eigenvalue weighted by Crippen LogP contribution is -2.39. The molecule has 6 nitrogen and oxygen atoms in total. The Hall–Kier alpha value is -4.63. The van der Waals surface area contributed by atoms with Crippen molar-refractivity contribution in [2.24, 2.45) is 0 Å². The number of amides is 1. The van der Waals surface area contributed by atoms with Crippen molar-refractivity contribution in [3.63, 3.8) is 0 Å². The molecule has 210 valence electrons. The fourth-order valence-electron chi connectivity index (χ4n) is 4.78. The van der Waals surface area contributed by atoms with Gasteiger partial charge in [0.1, 0.15) is 6.61 Å². The quantitative estimate of drug-likeness (QED) is 0.197. The van der Waals surface area contributed by atoms with Gasteiger partial charge in [-0.15, -0.1) is 0 Å². The molecule has 1 heterocycles. The molecule has 4 aromatic rings. The van der Waals surface area contributed by atoms with Gasteiger partial charge in [0.2, 0.25) is 0 Å². The molecule has 0 saturated carbocycles. The normalized spacial score (nSPS) is 10.8. The van der Waals surface area contributed by atoms with Crippen LogP contribution in [0.2, 0.25) is 0 Å². The molecule has 4 rings (SSSR count). The smallest absolute Gasteiger partial charge is 0.410 e. The molecule has 0 aliphatic heterocycles. The van der Waals surface area contributed by atoms with Gasteiger partial charge in [-0.25, -0.2) is 4.79 Å². The van der Waals surface area contributed by atoms with Crippen molar-refractivity contribution in [1.29, 1.82) is 5.26 Å². The van der Waals surface area contributed by atoms with Gasteiger partial charge < -0.3 is 14.2 Å². The van der Waals surface area contributed by atoms with Crippen LogP contribution in [0, 0.1) is 11.3 Å². The highest BCUT2D eigenvalue weighted by Gasteiger charge is 2.21. The molecule has 0 aliphatic rings. The second-order valence-corrected chi connectivity index (χ2v) is 10.5. The van der Waals surface area contributed by atoms with Crippen molar-refractivity contribution >= 4 is 6.09 Å². The lowest BCUT2D eigenvalue weighted by molar-refractivity contribution is 0.0827. The molecule has 0 bridgehead atoms. The summed E-state index contributed by atoms with van der Waals surface area (Å²) >= 11 is 0. The molecule has 0 atom stereocenters. The van der Waals surface area contributed by atoms with Gasteiger partial charge in [0, 0.05) is 17.3 Å². The zero-order valence-electron chi connectivity index (χ0n) is 24.0. The zero-order chi connectivity index (χ0) is 29.2. The predicted molar refractivity (Wildman–Crippen MR) is 162 cm³/mol.